The number of nitrogens with two attached hydrogens (primary N) is 1. The van der Waals surface area contributed by atoms with Gasteiger partial charge >= 0.3 is 0 Å². The first-order valence-corrected chi connectivity index (χ1v) is 4.00. The van der Waals surface area contributed by atoms with Crippen molar-refractivity contribution in [3.05, 3.63) is 23.8 Å². The number of benzene rings is 1. The number of hydrazine groups is 1. The van der Waals surface area contributed by atoms with Crippen molar-refractivity contribution in [2.24, 2.45) is 5.84 Å². The van der Waals surface area contributed by atoms with Gasteiger partial charge in [-0.3, -0.25) is 10.6 Å². The lowest BCUT2D eigenvalue weighted by Crippen LogP contribution is -2.09. The first kappa shape index (κ1) is 9.54. The molecule has 0 aliphatic heterocycles. The Bertz CT molecular complexity index is 300. The molecule has 0 amide bonds. The van der Waals surface area contributed by atoms with Crippen LogP contribution in [0, 0.1) is 0 Å². The van der Waals surface area contributed by atoms with Crippen LogP contribution in [-0.4, -0.2) is 12.9 Å². The van der Waals surface area contributed by atoms with Crippen LogP contribution in [0.4, 0.5) is 5.69 Å². The van der Waals surface area contributed by atoms with Crippen LogP contribution in [-0.2, 0) is 0 Å². The van der Waals surface area contributed by atoms with Gasteiger partial charge in [-0.1, -0.05) is 0 Å². The number of aldehydes is 1. The van der Waals surface area contributed by atoms with Gasteiger partial charge < -0.3 is 10.2 Å². The molecule has 0 heterocycles. The van der Waals surface area contributed by atoms with E-state index in [2.05, 4.69) is 5.43 Å². The summed E-state index contributed by atoms with van der Waals surface area (Å²) in [6, 6.07) is 5.08. The molecule has 4 heteroatoms. The molecule has 0 unspecified atom stereocenters. The summed E-state index contributed by atoms with van der Waals surface area (Å²) in [5.41, 5.74) is 3.52. The van der Waals surface area contributed by atoms with E-state index in [0.29, 0.717) is 23.6 Å². The maximum absolute atomic E-state index is 10.5. The van der Waals surface area contributed by atoms with Gasteiger partial charge in [0, 0.05) is 11.6 Å². The Kier molecular flexibility index (Phi) is 3.28. The van der Waals surface area contributed by atoms with Crippen LogP contribution < -0.4 is 16.0 Å². The minimum atomic E-state index is 0.519. The van der Waals surface area contributed by atoms with Crippen LogP contribution in [0.5, 0.6) is 5.75 Å². The van der Waals surface area contributed by atoms with Crippen molar-refractivity contribution in [1.82, 2.24) is 0 Å². The Balaban J connectivity index is 2.98. The van der Waals surface area contributed by atoms with E-state index in [9.17, 15) is 4.79 Å². The van der Waals surface area contributed by atoms with Gasteiger partial charge in [0.15, 0.2) is 6.29 Å². The van der Waals surface area contributed by atoms with Crippen molar-refractivity contribution in [3.63, 3.8) is 0 Å². The molecule has 0 aromatic heterocycles. The quantitative estimate of drug-likeness (QED) is 0.415. The molecule has 0 radical (unpaired) electrons. The lowest BCUT2D eigenvalue weighted by Gasteiger charge is -2.07. The van der Waals surface area contributed by atoms with Crippen molar-refractivity contribution >= 4 is 12.0 Å². The predicted octanol–water partition coefficient (Wildman–Crippen LogP) is 1.18. The first-order valence-electron chi connectivity index (χ1n) is 4.00. The van der Waals surface area contributed by atoms with E-state index < -0.39 is 0 Å². The van der Waals surface area contributed by atoms with Gasteiger partial charge in [-0.2, -0.15) is 0 Å². The zero-order valence-corrected chi connectivity index (χ0v) is 7.41. The number of rotatable bonds is 4. The molecule has 0 saturated carbocycles. The van der Waals surface area contributed by atoms with Gasteiger partial charge in [-0.15, -0.1) is 0 Å². The second-order valence-corrected chi connectivity index (χ2v) is 2.44. The largest absolute Gasteiger partial charge is 0.494 e. The minimum absolute atomic E-state index is 0.519. The summed E-state index contributed by atoms with van der Waals surface area (Å²) in [5, 5.41) is 0. The molecule has 0 spiro atoms. The van der Waals surface area contributed by atoms with Gasteiger partial charge in [0.25, 0.3) is 0 Å². The van der Waals surface area contributed by atoms with Gasteiger partial charge in [0.05, 0.1) is 12.3 Å². The third kappa shape index (κ3) is 2.19. The monoisotopic (exact) mass is 180 g/mol. The van der Waals surface area contributed by atoms with Crippen LogP contribution >= 0.6 is 0 Å². The molecule has 4 nitrogen and oxygen atoms in total. The van der Waals surface area contributed by atoms with Gasteiger partial charge in [0.1, 0.15) is 5.75 Å². The molecule has 1 aromatic rings. The SMILES string of the molecule is CCOc1ccc(C=O)c(NN)c1. The number of ether oxygens (including phenoxy) is 1. The number of carbonyl (C=O) groups excluding carboxylic acids is 1. The average molecular weight is 180 g/mol. The molecule has 0 saturated heterocycles. The fourth-order valence-electron chi connectivity index (χ4n) is 1.02. The topological polar surface area (TPSA) is 64.3 Å². The molecule has 3 N–H and O–H groups in total. The highest BCUT2D eigenvalue weighted by atomic mass is 16.5. The van der Waals surface area contributed by atoms with E-state index in [1.165, 1.54) is 0 Å². The predicted molar refractivity (Wildman–Crippen MR) is 50.8 cm³/mol. The summed E-state index contributed by atoms with van der Waals surface area (Å²) in [6.45, 7) is 2.48. The normalized spacial score (nSPS) is 9.38. The maximum Gasteiger partial charge on any atom is 0.152 e. The third-order valence-electron chi connectivity index (χ3n) is 1.62. The maximum atomic E-state index is 10.5. The summed E-state index contributed by atoms with van der Waals surface area (Å²) < 4.78 is 5.24. The fourth-order valence-corrected chi connectivity index (χ4v) is 1.02. The van der Waals surface area contributed by atoms with Crippen LogP contribution in [0.2, 0.25) is 0 Å². The number of anilines is 1. The zero-order valence-electron chi connectivity index (χ0n) is 7.41. The number of hydrogen-bond acceptors (Lipinski definition) is 4. The van der Waals surface area contributed by atoms with Crippen molar-refractivity contribution in [1.29, 1.82) is 0 Å². The summed E-state index contributed by atoms with van der Waals surface area (Å²) >= 11 is 0. The molecule has 0 aliphatic carbocycles. The highest BCUT2D eigenvalue weighted by molar-refractivity contribution is 5.84. The lowest BCUT2D eigenvalue weighted by atomic mass is 10.2. The minimum Gasteiger partial charge on any atom is -0.494 e. The molecule has 70 valence electrons. The van der Waals surface area contributed by atoms with Gasteiger partial charge in [-0.05, 0) is 19.1 Å². The van der Waals surface area contributed by atoms with E-state index in [-0.39, 0.29) is 0 Å². The molecule has 0 bridgehead atoms. The Hall–Kier alpha value is -1.55. The first-order chi connectivity index (χ1) is 6.31. The third-order valence-corrected chi connectivity index (χ3v) is 1.62. The summed E-state index contributed by atoms with van der Waals surface area (Å²) in [4.78, 5) is 10.5. The molecule has 1 aromatic carbocycles. The van der Waals surface area contributed by atoms with Crippen molar-refractivity contribution in [2.75, 3.05) is 12.0 Å². The van der Waals surface area contributed by atoms with Gasteiger partial charge in [0.2, 0.25) is 0 Å². The van der Waals surface area contributed by atoms with E-state index in [1.807, 2.05) is 6.92 Å². The Morgan fingerprint density at radius 1 is 1.62 bits per heavy atom. The molecule has 0 atom stereocenters. The average Bonchev–Trinajstić information content (AvgIpc) is 2.18. The molecular weight excluding hydrogens is 168 g/mol. The standard InChI is InChI=1S/C9H12N2O2/c1-2-13-8-4-3-7(6-12)9(5-8)11-10/h3-6,11H,2,10H2,1H3. The lowest BCUT2D eigenvalue weighted by molar-refractivity contribution is 0.112. The number of nitrogen functional groups attached to an aromatic ring is 1. The Morgan fingerprint density at radius 3 is 2.92 bits per heavy atom. The number of carbonyl (C=O) groups is 1. The number of nitrogens with one attached hydrogen (secondary N) is 1. The van der Waals surface area contributed by atoms with E-state index in [1.54, 1.807) is 18.2 Å². The van der Waals surface area contributed by atoms with Crippen LogP contribution in [0.1, 0.15) is 17.3 Å². The molecule has 0 aliphatic rings. The molecule has 1 rings (SSSR count). The summed E-state index contributed by atoms with van der Waals surface area (Å²) in [6.07, 6.45) is 0.741. The second kappa shape index (κ2) is 4.47. The van der Waals surface area contributed by atoms with Crippen LogP contribution in [0.3, 0.4) is 0 Å². The highest BCUT2D eigenvalue weighted by Crippen LogP contribution is 2.20. The van der Waals surface area contributed by atoms with E-state index in [0.717, 1.165) is 6.29 Å². The highest BCUT2D eigenvalue weighted by Gasteiger charge is 2.01. The zero-order chi connectivity index (χ0) is 9.68. The van der Waals surface area contributed by atoms with Crippen molar-refractivity contribution < 1.29 is 9.53 Å². The van der Waals surface area contributed by atoms with Crippen LogP contribution in [0.15, 0.2) is 18.2 Å². The summed E-state index contributed by atoms with van der Waals surface area (Å²) in [7, 11) is 0. The molecular formula is C9H12N2O2. The van der Waals surface area contributed by atoms with E-state index in [4.69, 9.17) is 10.6 Å². The smallest absolute Gasteiger partial charge is 0.152 e. The Labute approximate surface area is 76.7 Å². The summed E-state index contributed by atoms with van der Waals surface area (Å²) in [5.74, 6) is 5.92. The number of hydrogen-bond donors (Lipinski definition) is 2. The molecule has 13 heavy (non-hydrogen) atoms. The van der Waals surface area contributed by atoms with Crippen molar-refractivity contribution in [3.8, 4) is 5.75 Å². The van der Waals surface area contributed by atoms with Crippen molar-refractivity contribution in [2.45, 2.75) is 6.92 Å². The van der Waals surface area contributed by atoms with Gasteiger partial charge in [-0.25, -0.2) is 0 Å². The molecule has 0 fully saturated rings. The fraction of sp³-hybridized carbons (Fsp3) is 0.222. The Morgan fingerprint density at radius 2 is 2.38 bits per heavy atom. The second-order valence-electron chi connectivity index (χ2n) is 2.44. The van der Waals surface area contributed by atoms with E-state index >= 15 is 0 Å². The van der Waals surface area contributed by atoms with Crippen LogP contribution in [0.25, 0.3) is 0 Å².